The molecule has 0 saturated carbocycles. The maximum absolute atomic E-state index is 12.1. The zero-order chi connectivity index (χ0) is 16.5. The molecule has 3 heterocycles. The molecule has 5 heteroatoms. The molecule has 1 N–H and O–H groups in total. The summed E-state index contributed by atoms with van der Waals surface area (Å²) < 4.78 is 2.01. The van der Waals surface area contributed by atoms with E-state index < -0.39 is 0 Å². The van der Waals surface area contributed by atoms with Crippen LogP contribution in [0.25, 0.3) is 16.9 Å². The molecule has 1 aromatic carbocycles. The van der Waals surface area contributed by atoms with Gasteiger partial charge in [0.25, 0.3) is 5.91 Å². The molecule has 4 nitrogen and oxygen atoms in total. The Kier molecular flexibility index (Phi) is 3.63. The molecule has 4 aromatic rings. The third kappa shape index (κ3) is 2.81. The van der Waals surface area contributed by atoms with Gasteiger partial charge in [-0.25, -0.2) is 4.98 Å². The molecular formula is C19H15N3OS. The third-order valence-corrected chi connectivity index (χ3v) is 4.52. The summed E-state index contributed by atoms with van der Waals surface area (Å²) in [5, 5.41) is 6.63. The van der Waals surface area contributed by atoms with E-state index >= 15 is 0 Å². The average Bonchev–Trinajstić information content (AvgIpc) is 3.24. The van der Waals surface area contributed by atoms with Crippen molar-refractivity contribution in [1.82, 2.24) is 9.38 Å². The van der Waals surface area contributed by atoms with Crippen molar-refractivity contribution in [3.63, 3.8) is 0 Å². The Labute approximate surface area is 143 Å². The normalized spacial score (nSPS) is 10.9. The molecule has 0 aliphatic heterocycles. The van der Waals surface area contributed by atoms with Crippen LogP contribution >= 0.6 is 11.3 Å². The monoisotopic (exact) mass is 333 g/mol. The van der Waals surface area contributed by atoms with E-state index in [0.717, 1.165) is 22.6 Å². The van der Waals surface area contributed by atoms with Crippen LogP contribution in [-0.4, -0.2) is 15.3 Å². The fourth-order valence-electron chi connectivity index (χ4n) is 2.54. The van der Waals surface area contributed by atoms with Gasteiger partial charge in [0.1, 0.15) is 5.65 Å². The van der Waals surface area contributed by atoms with Gasteiger partial charge in [-0.05, 0) is 48.2 Å². The first-order chi connectivity index (χ1) is 11.7. The highest BCUT2D eigenvalue weighted by Gasteiger charge is 2.08. The molecule has 0 saturated heterocycles. The summed E-state index contributed by atoms with van der Waals surface area (Å²) in [6, 6.07) is 13.7. The summed E-state index contributed by atoms with van der Waals surface area (Å²) in [5.41, 5.74) is 5.50. The molecule has 24 heavy (non-hydrogen) atoms. The maximum atomic E-state index is 12.1. The van der Waals surface area contributed by atoms with Crippen LogP contribution < -0.4 is 5.32 Å². The van der Waals surface area contributed by atoms with Gasteiger partial charge in [-0.1, -0.05) is 12.1 Å². The molecule has 3 aromatic heterocycles. The van der Waals surface area contributed by atoms with Gasteiger partial charge in [-0.15, -0.1) is 0 Å². The van der Waals surface area contributed by atoms with Gasteiger partial charge >= 0.3 is 0 Å². The Morgan fingerprint density at radius 3 is 2.75 bits per heavy atom. The Hall–Kier alpha value is -2.92. The van der Waals surface area contributed by atoms with Crippen LogP contribution in [0, 0.1) is 6.92 Å². The lowest BCUT2D eigenvalue weighted by molar-refractivity contribution is 0.102. The van der Waals surface area contributed by atoms with Gasteiger partial charge in [0.15, 0.2) is 0 Å². The van der Waals surface area contributed by atoms with Crippen molar-refractivity contribution in [3.8, 4) is 11.3 Å². The van der Waals surface area contributed by atoms with Crippen molar-refractivity contribution < 1.29 is 4.79 Å². The fourth-order valence-corrected chi connectivity index (χ4v) is 3.18. The van der Waals surface area contributed by atoms with Gasteiger partial charge in [0.05, 0.1) is 11.3 Å². The summed E-state index contributed by atoms with van der Waals surface area (Å²) in [7, 11) is 0. The van der Waals surface area contributed by atoms with Crippen molar-refractivity contribution in [2.24, 2.45) is 0 Å². The summed E-state index contributed by atoms with van der Waals surface area (Å²) in [4.78, 5) is 16.7. The summed E-state index contributed by atoms with van der Waals surface area (Å²) in [5.74, 6) is -0.0906. The number of nitrogens with zero attached hydrogens (tertiary/aromatic N) is 2. The van der Waals surface area contributed by atoms with Crippen molar-refractivity contribution in [1.29, 1.82) is 0 Å². The number of pyridine rings is 1. The molecule has 0 aliphatic rings. The van der Waals surface area contributed by atoms with E-state index in [1.54, 1.807) is 0 Å². The zero-order valence-corrected chi connectivity index (χ0v) is 13.9. The molecular weight excluding hydrogens is 318 g/mol. The molecule has 0 unspecified atom stereocenters. The first kappa shape index (κ1) is 14.7. The van der Waals surface area contributed by atoms with E-state index in [2.05, 4.69) is 29.4 Å². The highest BCUT2D eigenvalue weighted by molar-refractivity contribution is 7.08. The SMILES string of the molecule is Cc1ccn2cc(-c3ccc(NC(=O)c4ccsc4)cc3)nc2c1. The second kappa shape index (κ2) is 5.94. The Morgan fingerprint density at radius 2 is 2.00 bits per heavy atom. The number of carbonyl (C=O) groups is 1. The number of carbonyl (C=O) groups excluding carboxylic acids is 1. The quantitative estimate of drug-likeness (QED) is 0.594. The molecule has 0 atom stereocenters. The van der Waals surface area contributed by atoms with Crippen LogP contribution in [0.4, 0.5) is 5.69 Å². The number of thiophene rings is 1. The summed E-state index contributed by atoms with van der Waals surface area (Å²) in [6.45, 7) is 2.05. The predicted molar refractivity (Wildman–Crippen MR) is 97.6 cm³/mol. The highest BCUT2D eigenvalue weighted by Crippen LogP contribution is 2.22. The third-order valence-electron chi connectivity index (χ3n) is 3.84. The number of fused-ring (bicyclic) bond motifs is 1. The van der Waals surface area contributed by atoms with Crippen molar-refractivity contribution in [2.45, 2.75) is 6.92 Å². The van der Waals surface area contributed by atoms with E-state index in [4.69, 9.17) is 0 Å². The zero-order valence-electron chi connectivity index (χ0n) is 13.1. The number of hydrogen-bond acceptors (Lipinski definition) is 3. The number of imidazole rings is 1. The minimum Gasteiger partial charge on any atom is -0.322 e. The second-order valence-electron chi connectivity index (χ2n) is 5.64. The Morgan fingerprint density at radius 1 is 1.17 bits per heavy atom. The number of anilines is 1. The second-order valence-corrected chi connectivity index (χ2v) is 6.42. The minimum atomic E-state index is -0.0906. The number of amides is 1. The smallest absolute Gasteiger partial charge is 0.256 e. The number of hydrogen-bond donors (Lipinski definition) is 1. The lowest BCUT2D eigenvalue weighted by Crippen LogP contribution is -2.10. The van der Waals surface area contributed by atoms with E-state index in [1.807, 2.05) is 57.9 Å². The van der Waals surface area contributed by atoms with E-state index in [9.17, 15) is 4.79 Å². The lowest BCUT2D eigenvalue weighted by Gasteiger charge is -2.04. The largest absolute Gasteiger partial charge is 0.322 e. The molecule has 0 radical (unpaired) electrons. The van der Waals surface area contributed by atoms with Crippen molar-refractivity contribution in [3.05, 3.63) is 76.7 Å². The van der Waals surface area contributed by atoms with Gasteiger partial charge in [-0.2, -0.15) is 11.3 Å². The van der Waals surface area contributed by atoms with E-state index in [-0.39, 0.29) is 5.91 Å². The standard InChI is InChI=1S/C19H15N3OS/c1-13-6-8-22-11-17(21-18(22)10-13)14-2-4-16(5-3-14)20-19(23)15-7-9-24-12-15/h2-12H,1H3,(H,20,23). The van der Waals surface area contributed by atoms with E-state index in [0.29, 0.717) is 5.56 Å². The topological polar surface area (TPSA) is 46.4 Å². The lowest BCUT2D eigenvalue weighted by atomic mass is 10.1. The molecule has 0 fully saturated rings. The van der Waals surface area contributed by atoms with Crippen LogP contribution in [0.5, 0.6) is 0 Å². The first-order valence-electron chi connectivity index (χ1n) is 7.58. The predicted octanol–water partition coefficient (Wildman–Crippen LogP) is 4.62. The average molecular weight is 333 g/mol. The minimum absolute atomic E-state index is 0.0906. The highest BCUT2D eigenvalue weighted by atomic mass is 32.1. The summed E-state index contributed by atoms with van der Waals surface area (Å²) >= 11 is 1.51. The molecule has 0 spiro atoms. The molecule has 0 bridgehead atoms. The van der Waals surface area contributed by atoms with Crippen molar-refractivity contribution >= 4 is 28.6 Å². The van der Waals surface area contributed by atoms with Crippen LogP contribution in [0.3, 0.4) is 0 Å². The molecule has 4 rings (SSSR count). The van der Waals surface area contributed by atoms with Gasteiger partial charge in [0.2, 0.25) is 0 Å². The fraction of sp³-hybridized carbons (Fsp3) is 0.0526. The van der Waals surface area contributed by atoms with Gasteiger partial charge in [-0.3, -0.25) is 4.79 Å². The maximum Gasteiger partial charge on any atom is 0.256 e. The Bertz CT molecular complexity index is 1000. The van der Waals surface area contributed by atoms with Crippen LogP contribution in [0.15, 0.2) is 65.6 Å². The van der Waals surface area contributed by atoms with Crippen molar-refractivity contribution in [2.75, 3.05) is 5.32 Å². The first-order valence-corrected chi connectivity index (χ1v) is 8.53. The Balaban J connectivity index is 1.57. The molecule has 118 valence electrons. The van der Waals surface area contributed by atoms with Gasteiger partial charge < -0.3 is 9.72 Å². The van der Waals surface area contributed by atoms with E-state index in [1.165, 1.54) is 16.9 Å². The number of benzene rings is 1. The van der Waals surface area contributed by atoms with Gasteiger partial charge in [0, 0.05) is 29.0 Å². The number of nitrogens with one attached hydrogen (secondary N) is 1. The molecule has 0 aliphatic carbocycles. The van der Waals surface area contributed by atoms with Crippen LogP contribution in [0.2, 0.25) is 0 Å². The molecule has 1 amide bonds. The van der Waals surface area contributed by atoms with Crippen LogP contribution in [-0.2, 0) is 0 Å². The number of aromatic nitrogens is 2. The number of rotatable bonds is 3. The summed E-state index contributed by atoms with van der Waals surface area (Å²) in [6.07, 6.45) is 4.02. The number of aryl methyl sites for hydroxylation is 1. The van der Waals surface area contributed by atoms with Crippen LogP contribution in [0.1, 0.15) is 15.9 Å².